The van der Waals surface area contributed by atoms with Crippen LogP contribution in [0, 0.1) is 0 Å². The summed E-state index contributed by atoms with van der Waals surface area (Å²) in [6.45, 7) is 6.28. The van der Waals surface area contributed by atoms with Gasteiger partial charge < -0.3 is 9.47 Å². The Morgan fingerprint density at radius 1 is 1.67 bits per heavy atom. The Morgan fingerprint density at radius 3 is 2.83 bits per heavy atom. The van der Waals surface area contributed by atoms with Crippen molar-refractivity contribution in [1.82, 2.24) is 0 Å². The molecular formula is C9H12O3. The van der Waals surface area contributed by atoms with Crippen LogP contribution in [0.15, 0.2) is 12.2 Å². The van der Waals surface area contributed by atoms with Crippen LogP contribution in [0.2, 0.25) is 0 Å². The summed E-state index contributed by atoms with van der Waals surface area (Å²) in [7, 11) is 0. The normalized spacial score (nSPS) is 40.9. The van der Waals surface area contributed by atoms with Gasteiger partial charge in [0.15, 0.2) is 0 Å². The molecule has 12 heavy (non-hydrogen) atoms. The summed E-state index contributed by atoms with van der Waals surface area (Å²) in [6, 6.07) is 0. The van der Waals surface area contributed by atoms with Gasteiger partial charge in [-0.2, -0.15) is 0 Å². The summed E-state index contributed by atoms with van der Waals surface area (Å²) in [5.41, 5.74) is 0.195. The Hall–Kier alpha value is -0.830. The van der Waals surface area contributed by atoms with Crippen molar-refractivity contribution < 1.29 is 14.3 Å². The molecule has 2 atom stereocenters. The predicted octanol–water partition coefficient (Wildman–Crippen LogP) is 1.04. The van der Waals surface area contributed by atoms with Crippen molar-refractivity contribution in [3.63, 3.8) is 0 Å². The summed E-state index contributed by atoms with van der Waals surface area (Å²) in [6.07, 6.45) is 1.45. The van der Waals surface area contributed by atoms with Crippen molar-refractivity contribution in [2.75, 3.05) is 6.61 Å². The molecule has 3 heteroatoms. The van der Waals surface area contributed by atoms with E-state index >= 15 is 0 Å². The molecule has 2 fully saturated rings. The minimum atomic E-state index is -0.381. The van der Waals surface area contributed by atoms with E-state index in [0.717, 1.165) is 6.42 Å². The Kier molecular flexibility index (Phi) is 1.51. The fourth-order valence-corrected chi connectivity index (χ4v) is 1.86. The topological polar surface area (TPSA) is 35.5 Å². The van der Waals surface area contributed by atoms with E-state index in [1.807, 2.05) is 6.92 Å². The molecule has 0 N–H and O–H groups in total. The van der Waals surface area contributed by atoms with Crippen LogP contribution in [0.25, 0.3) is 0 Å². The molecular weight excluding hydrogens is 156 g/mol. The highest BCUT2D eigenvalue weighted by molar-refractivity contribution is 5.90. The van der Waals surface area contributed by atoms with Crippen molar-refractivity contribution in [3.8, 4) is 0 Å². The van der Waals surface area contributed by atoms with Crippen molar-refractivity contribution in [1.29, 1.82) is 0 Å². The summed E-state index contributed by atoms with van der Waals surface area (Å²) in [5.74, 6) is -0.257. The van der Waals surface area contributed by atoms with E-state index in [1.165, 1.54) is 0 Å². The van der Waals surface area contributed by atoms with Gasteiger partial charge >= 0.3 is 5.97 Å². The Bertz CT molecular complexity index is 228. The lowest BCUT2D eigenvalue weighted by molar-refractivity contribution is -0.150. The van der Waals surface area contributed by atoms with E-state index in [4.69, 9.17) is 9.47 Å². The van der Waals surface area contributed by atoms with Crippen LogP contribution in [0.1, 0.15) is 19.8 Å². The van der Waals surface area contributed by atoms with Gasteiger partial charge in [0, 0.05) is 18.4 Å². The van der Waals surface area contributed by atoms with Crippen LogP contribution < -0.4 is 0 Å². The van der Waals surface area contributed by atoms with E-state index in [9.17, 15) is 4.79 Å². The fraction of sp³-hybridized carbons (Fsp3) is 0.667. The van der Waals surface area contributed by atoms with Crippen LogP contribution in [0.3, 0.4) is 0 Å². The number of carbonyl (C=O) groups is 1. The first-order valence-corrected chi connectivity index (χ1v) is 4.17. The number of hydrogen-bond acceptors (Lipinski definition) is 3. The van der Waals surface area contributed by atoms with Crippen LogP contribution in [-0.4, -0.2) is 24.3 Å². The smallest absolute Gasteiger partial charge is 0.334 e. The van der Waals surface area contributed by atoms with Crippen molar-refractivity contribution in [2.45, 2.75) is 31.5 Å². The van der Waals surface area contributed by atoms with Crippen molar-refractivity contribution >= 4 is 5.97 Å². The average molecular weight is 168 g/mol. The van der Waals surface area contributed by atoms with E-state index in [2.05, 4.69) is 6.58 Å². The van der Waals surface area contributed by atoms with Gasteiger partial charge in [-0.3, -0.25) is 0 Å². The van der Waals surface area contributed by atoms with Gasteiger partial charge in [-0.1, -0.05) is 6.58 Å². The molecule has 2 rings (SSSR count). The first-order valence-electron chi connectivity index (χ1n) is 4.17. The minimum Gasteiger partial charge on any atom is -0.453 e. The maximum absolute atomic E-state index is 11.1. The van der Waals surface area contributed by atoms with E-state index in [0.29, 0.717) is 18.6 Å². The highest BCUT2D eigenvalue weighted by Gasteiger charge is 2.50. The highest BCUT2D eigenvalue weighted by Crippen LogP contribution is 2.40. The molecule has 0 radical (unpaired) electrons. The Balaban J connectivity index is 2.24. The zero-order valence-electron chi connectivity index (χ0n) is 7.13. The third-order valence-electron chi connectivity index (χ3n) is 2.73. The molecule has 2 aliphatic rings. The van der Waals surface area contributed by atoms with Crippen LogP contribution in [0.5, 0.6) is 0 Å². The fourth-order valence-electron chi connectivity index (χ4n) is 1.86. The summed E-state index contributed by atoms with van der Waals surface area (Å²) in [5, 5.41) is 0. The molecule has 3 nitrogen and oxygen atoms in total. The molecule has 0 aromatic carbocycles. The molecule has 2 aliphatic heterocycles. The van der Waals surface area contributed by atoms with Gasteiger partial charge in [-0.25, -0.2) is 4.79 Å². The molecule has 0 bridgehead atoms. The summed E-state index contributed by atoms with van der Waals surface area (Å²) in [4.78, 5) is 11.1. The number of rotatable bonds is 0. The second kappa shape index (κ2) is 2.33. The number of esters is 1. The predicted molar refractivity (Wildman–Crippen MR) is 42.6 cm³/mol. The zero-order chi connectivity index (χ0) is 8.77. The monoisotopic (exact) mass is 168 g/mol. The van der Waals surface area contributed by atoms with Gasteiger partial charge in [0.1, 0.15) is 5.60 Å². The molecule has 0 aromatic heterocycles. The maximum Gasteiger partial charge on any atom is 0.334 e. The quantitative estimate of drug-likeness (QED) is 0.400. The number of carbonyl (C=O) groups excluding carboxylic acids is 1. The molecule has 0 aliphatic carbocycles. The summed E-state index contributed by atoms with van der Waals surface area (Å²) < 4.78 is 10.6. The zero-order valence-corrected chi connectivity index (χ0v) is 7.13. The number of hydrogen-bond donors (Lipinski definition) is 0. The van der Waals surface area contributed by atoms with E-state index in [-0.39, 0.29) is 17.7 Å². The van der Waals surface area contributed by atoms with Gasteiger partial charge in [0.2, 0.25) is 0 Å². The molecule has 1 spiro atoms. The van der Waals surface area contributed by atoms with Crippen molar-refractivity contribution in [3.05, 3.63) is 12.2 Å². The van der Waals surface area contributed by atoms with Gasteiger partial charge in [0.25, 0.3) is 0 Å². The van der Waals surface area contributed by atoms with Crippen LogP contribution in [-0.2, 0) is 14.3 Å². The van der Waals surface area contributed by atoms with Gasteiger partial charge in [0.05, 0.1) is 12.7 Å². The molecule has 66 valence electrons. The second-order valence-electron chi connectivity index (χ2n) is 3.50. The lowest BCUT2D eigenvalue weighted by Gasteiger charge is -2.24. The highest BCUT2D eigenvalue weighted by atomic mass is 16.6. The lowest BCUT2D eigenvalue weighted by Crippen LogP contribution is -2.35. The van der Waals surface area contributed by atoms with Gasteiger partial charge in [-0.05, 0) is 6.92 Å². The average Bonchev–Trinajstić information content (AvgIpc) is 2.45. The largest absolute Gasteiger partial charge is 0.453 e. The first kappa shape index (κ1) is 7.80. The lowest BCUT2D eigenvalue weighted by atomic mass is 9.92. The number of ether oxygens (including phenoxy) is 2. The Morgan fingerprint density at radius 2 is 2.42 bits per heavy atom. The first-order chi connectivity index (χ1) is 5.64. The molecule has 0 aromatic rings. The molecule has 2 unspecified atom stereocenters. The molecule has 0 saturated carbocycles. The Labute approximate surface area is 71.3 Å². The summed E-state index contributed by atoms with van der Waals surface area (Å²) >= 11 is 0. The molecule has 0 amide bonds. The van der Waals surface area contributed by atoms with Crippen LogP contribution in [0.4, 0.5) is 0 Å². The van der Waals surface area contributed by atoms with E-state index in [1.54, 1.807) is 0 Å². The second-order valence-corrected chi connectivity index (χ2v) is 3.50. The third-order valence-corrected chi connectivity index (χ3v) is 2.73. The standard InChI is InChI=1S/C9H12O3/c1-6-5-9(12-8(6)10)3-4-11-7(9)2/h7H,1,3-5H2,2H3. The molecule has 2 heterocycles. The van der Waals surface area contributed by atoms with Crippen molar-refractivity contribution in [2.24, 2.45) is 0 Å². The van der Waals surface area contributed by atoms with Gasteiger partial charge in [-0.15, -0.1) is 0 Å². The third kappa shape index (κ3) is 0.894. The van der Waals surface area contributed by atoms with Crippen LogP contribution >= 0.6 is 0 Å². The SMILES string of the molecule is C=C1CC2(CCOC2C)OC1=O. The minimum absolute atomic E-state index is 0.0145. The van der Waals surface area contributed by atoms with E-state index < -0.39 is 0 Å². The maximum atomic E-state index is 11.1. The molecule has 2 saturated heterocycles.